The minimum Gasteiger partial charge on any atom is -0.358 e. The summed E-state index contributed by atoms with van der Waals surface area (Å²) in [5.74, 6) is -0.00699. The standard InChI is InChI=1S/C25H23ClFN5O2/c1-32-15-14-28-23(32)17-4-10-20(11-5-17)29-24(33)22(16-2-8-19(27)9-3-16)31-25(34)30-21-12-6-18(26)7-13-21/h2-13,22H,14-15H2,1H3,(H,29,33)(H2,30,31,34). The molecule has 0 aliphatic carbocycles. The quantitative estimate of drug-likeness (QED) is 0.480. The van der Waals surface area contributed by atoms with Crippen LogP contribution in [0, 0.1) is 5.82 Å². The van der Waals surface area contributed by atoms with Crippen molar-refractivity contribution in [3.05, 3.63) is 94.8 Å². The molecule has 1 atom stereocenters. The van der Waals surface area contributed by atoms with Crippen LogP contribution in [0.2, 0.25) is 5.02 Å². The number of nitrogens with zero attached hydrogens (tertiary/aromatic N) is 2. The molecule has 34 heavy (non-hydrogen) atoms. The number of amidine groups is 1. The van der Waals surface area contributed by atoms with E-state index in [1.807, 2.05) is 19.2 Å². The molecule has 1 heterocycles. The van der Waals surface area contributed by atoms with Gasteiger partial charge in [0, 0.05) is 35.6 Å². The summed E-state index contributed by atoms with van der Waals surface area (Å²) in [4.78, 5) is 32.3. The van der Waals surface area contributed by atoms with Gasteiger partial charge >= 0.3 is 6.03 Å². The molecule has 9 heteroatoms. The van der Waals surface area contributed by atoms with E-state index in [2.05, 4.69) is 25.8 Å². The van der Waals surface area contributed by atoms with Crippen LogP contribution >= 0.6 is 11.6 Å². The van der Waals surface area contributed by atoms with Gasteiger partial charge in [0.1, 0.15) is 17.7 Å². The maximum atomic E-state index is 13.4. The zero-order valence-electron chi connectivity index (χ0n) is 18.4. The maximum absolute atomic E-state index is 13.4. The van der Waals surface area contributed by atoms with Gasteiger partial charge in [-0.3, -0.25) is 9.79 Å². The van der Waals surface area contributed by atoms with Gasteiger partial charge in [-0.25, -0.2) is 9.18 Å². The lowest BCUT2D eigenvalue weighted by Gasteiger charge is -2.20. The number of likely N-dealkylation sites (N-methyl/N-ethyl adjacent to an activating group) is 1. The van der Waals surface area contributed by atoms with Crippen LogP contribution in [0.3, 0.4) is 0 Å². The minimum absolute atomic E-state index is 0.434. The lowest BCUT2D eigenvalue weighted by Crippen LogP contribution is -2.39. The van der Waals surface area contributed by atoms with Crippen LogP contribution in [0.5, 0.6) is 0 Å². The highest BCUT2D eigenvalue weighted by atomic mass is 35.5. The minimum atomic E-state index is -1.06. The topological polar surface area (TPSA) is 85.8 Å². The van der Waals surface area contributed by atoms with Gasteiger partial charge in [-0.05, 0) is 66.2 Å². The average Bonchev–Trinajstić information content (AvgIpc) is 3.26. The number of hydrogen-bond acceptors (Lipinski definition) is 4. The first-order valence-electron chi connectivity index (χ1n) is 10.6. The predicted octanol–water partition coefficient (Wildman–Crippen LogP) is 4.67. The number of carbonyl (C=O) groups excluding carboxylic acids is 2. The molecule has 3 aromatic carbocycles. The van der Waals surface area contributed by atoms with Crippen molar-refractivity contribution in [2.75, 3.05) is 30.8 Å². The molecule has 3 N–H and O–H groups in total. The van der Waals surface area contributed by atoms with Gasteiger partial charge < -0.3 is 20.9 Å². The number of urea groups is 1. The Morgan fingerprint density at radius 2 is 1.56 bits per heavy atom. The van der Waals surface area contributed by atoms with E-state index in [4.69, 9.17) is 11.6 Å². The summed E-state index contributed by atoms with van der Waals surface area (Å²) < 4.78 is 13.4. The van der Waals surface area contributed by atoms with Crippen LogP contribution in [0.15, 0.2) is 77.8 Å². The lowest BCUT2D eigenvalue weighted by molar-refractivity contribution is -0.118. The molecule has 1 aliphatic rings. The number of aliphatic imine (C=N–C) groups is 1. The van der Waals surface area contributed by atoms with Gasteiger partial charge in [0.25, 0.3) is 5.91 Å². The molecule has 0 radical (unpaired) electrons. The number of anilines is 2. The van der Waals surface area contributed by atoms with Gasteiger partial charge in [0.2, 0.25) is 0 Å². The Morgan fingerprint density at radius 3 is 2.18 bits per heavy atom. The number of amides is 3. The van der Waals surface area contributed by atoms with E-state index in [0.717, 1.165) is 24.5 Å². The average molecular weight is 480 g/mol. The summed E-state index contributed by atoms with van der Waals surface area (Å²) in [5, 5.41) is 8.67. The summed E-state index contributed by atoms with van der Waals surface area (Å²) >= 11 is 5.88. The van der Waals surface area contributed by atoms with Gasteiger partial charge in [-0.1, -0.05) is 23.7 Å². The Morgan fingerprint density at radius 1 is 0.941 bits per heavy atom. The van der Waals surface area contributed by atoms with E-state index in [1.54, 1.807) is 36.4 Å². The van der Waals surface area contributed by atoms with Crippen LogP contribution < -0.4 is 16.0 Å². The molecule has 3 aromatic rings. The molecule has 4 rings (SSSR count). The van der Waals surface area contributed by atoms with Gasteiger partial charge in [-0.2, -0.15) is 0 Å². The molecule has 0 spiro atoms. The third-order valence-corrected chi connectivity index (χ3v) is 5.56. The third kappa shape index (κ3) is 5.71. The number of benzene rings is 3. The predicted molar refractivity (Wildman–Crippen MR) is 132 cm³/mol. The van der Waals surface area contributed by atoms with E-state index in [1.165, 1.54) is 24.3 Å². The van der Waals surface area contributed by atoms with E-state index in [-0.39, 0.29) is 0 Å². The smallest absolute Gasteiger partial charge is 0.320 e. The number of carbonyl (C=O) groups is 2. The molecule has 1 unspecified atom stereocenters. The molecule has 3 amide bonds. The Hall–Kier alpha value is -3.91. The Bertz CT molecular complexity index is 1200. The lowest BCUT2D eigenvalue weighted by atomic mass is 10.1. The van der Waals surface area contributed by atoms with Gasteiger partial charge in [-0.15, -0.1) is 0 Å². The van der Waals surface area contributed by atoms with E-state index >= 15 is 0 Å². The van der Waals surface area contributed by atoms with Crippen molar-refractivity contribution in [1.29, 1.82) is 0 Å². The highest BCUT2D eigenvalue weighted by molar-refractivity contribution is 6.30. The molecule has 1 aliphatic heterocycles. The molecule has 0 aromatic heterocycles. The zero-order chi connectivity index (χ0) is 24.1. The molecular weight excluding hydrogens is 457 g/mol. The largest absolute Gasteiger partial charge is 0.358 e. The van der Waals surface area contributed by atoms with Crippen molar-refractivity contribution in [1.82, 2.24) is 10.2 Å². The first-order valence-corrected chi connectivity index (χ1v) is 11.0. The van der Waals surface area contributed by atoms with Crippen molar-refractivity contribution in [3.63, 3.8) is 0 Å². The fourth-order valence-electron chi connectivity index (χ4n) is 3.55. The molecule has 0 saturated carbocycles. The summed E-state index contributed by atoms with van der Waals surface area (Å²) in [6.07, 6.45) is 0. The van der Waals surface area contributed by atoms with Crippen LogP contribution in [-0.2, 0) is 4.79 Å². The van der Waals surface area contributed by atoms with Crippen molar-refractivity contribution in [2.24, 2.45) is 4.99 Å². The highest BCUT2D eigenvalue weighted by Crippen LogP contribution is 2.20. The van der Waals surface area contributed by atoms with E-state index in [0.29, 0.717) is 22.0 Å². The summed E-state index contributed by atoms with van der Waals surface area (Å²) in [6, 6.07) is 17.6. The maximum Gasteiger partial charge on any atom is 0.320 e. The van der Waals surface area contributed by atoms with Crippen molar-refractivity contribution in [2.45, 2.75) is 6.04 Å². The van der Waals surface area contributed by atoms with Crippen LogP contribution in [-0.4, -0.2) is 42.8 Å². The number of halogens is 2. The van der Waals surface area contributed by atoms with Crippen molar-refractivity contribution in [3.8, 4) is 0 Å². The molecule has 0 bridgehead atoms. The van der Waals surface area contributed by atoms with Crippen LogP contribution in [0.4, 0.5) is 20.6 Å². The molecule has 0 fully saturated rings. The summed E-state index contributed by atoms with van der Waals surface area (Å²) in [5.41, 5.74) is 2.45. The Kier molecular flexibility index (Phi) is 7.08. The first kappa shape index (κ1) is 23.3. The molecule has 174 valence electrons. The number of rotatable bonds is 6. The van der Waals surface area contributed by atoms with Crippen molar-refractivity contribution < 1.29 is 14.0 Å². The third-order valence-electron chi connectivity index (χ3n) is 5.31. The number of nitrogens with one attached hydrogen (secondary N) is 3. The second-order valence-corrected chi connectivity index (χ2v) is 8.22. The monoisotopic (exact) mass is 479 g/mol. The fraction of sp³-hybridized carbons (Fsp3) is 0.160. The first-order chi connectivity index (χ1) is 16.4. The van der Waals surface area contributed by atoms with Crippen molar-refractivity contribution >= 4 is 40.7 Å². The Balaban J connectivity index is 1.49. The highest BCUT2D eigenvalue weighted by Gasteiger charge is 2.23. The molecule has 0 saturated heterocycles. The van der Waals surface area contributed by atoms with E-state index in [9.17, 15) is 14.0 Å². The van der Waals surface area contributed by atoms with E-state index < -0.39 is 23.8 Å². The summed E-state index contributed by atoms with van der Waals surface area (Å²) in [6.45, 7) is 1.63. The summed E-state index contributed by atoms with van der Waals surface area (Å²) in [7, 11) is 1.98. The molecular formula is C25H23ClFN5O2. The second-order valence-electron chi connectivity index (χ2n) is 7.78. The second kappa shape index (κ2) is 10.4. The normalized spacial score (nSPS) is 13.7. The Labute approximate surface area is 201 Å². The SMILES string of the molecule is CN1CCN=C1c1ccc(NC(=O)C(NC(=O)Nc2ccc(Cl)cc2)c2ccc(F)cc2)cc1. The molecule has 7 nitrogen and oxygen atoms in total. The van der Waals surface area contributed by atoms with Crippen LogP contribution in [0.25, 0.3) is 0 Å². The zero-order valence-corrected chi connectivity index (χ0v) is 19.1. The fourth-order valence-corrected chi connectivity index (χ4v) is 3.67. The van der Waals surface area contributed by atoms with Crippen LogP contribution in [0.1, 0.15) is 17.2 Å². The van der Waals surface area contributed by atoms with Gasteiger partial charge in [0.15, 0.2) is 0 Å². The van der Waals surface area contributed by atoms with Gasteiger partial charge in [0.05, 0.1) is 6.54 Å². The number of hydrogen-bond donors (Lipinski definition) is 3.